The highest BCUT2D eigenvalue weighted by Crippen LogP contribution is 2.09. The summed E-state index contributed by atoms with van der Waals surface area (Å²) in [4.78, 5) is 24.4. The Morgan fingerprint density at radius 2 is 2.00 bits per heavy atom. The van der Waals surface area contributed by atoms with Gasteiger partial charge in [0.15, 0.2) is 0 Å². The van der Waals surface area contributed by atoms with Crippen LogP contribution in [0.2, 0.25) is 0 Å². The van der Waals surface area contributed by atoms with Crippen LogP contribution in [0.25, 0.3) is 5.82 Å². The molecule has 3 aromatic heterocycles. The van der Waals surface area contributed by atoms with Crippen molar-refractivity contribution in [1.29, 1.82) is 0 Å². The molecule has 0 aromatic carbocycles. The lowest BCUT2D eigenvalue weighted by molar-refractivity contribution is 0.0954. The molecule has 8 nitrogen and oxygen atoms in total. The number of hydrogen-bond acceptors (Lipinski definition) is 6. The van der Waals surface area contributed by atoms with Crippen LogP contribution in [0.5, 0.6) is 5.88 Å². The molecule has 0 atom stereocenters. The summed E-state index contributed by atoms with van der Waals surface area (Å²) >= 11 is 0. The number of ether oxygens (including phenoxy) is 1. The minimum Gasteiger partial charge on any atom is -0.481 e. The number of carbonyl (C=O) groups is 1. The number of methoxy groups -OCH3 is 1. The third kappa shape index (κ3) is 4.31. The van der Waals surface area contributed by atoms with E-state index in [1.54, 1.807) is 12.1 Å². The maximum Gasteiger partial charge on any atom is 0.251 e. The summed E-state index contributed by atoms with van der Waals surface area (Å²) in [7, 11) is 1.51. The van der Waals surface area contributed by atoms with Gasteiger partial charge in [0, 0.05) is 49.4 Å². The summed E-state index contributed by atoms with van der Waals surface area (Å²) in [6.45, 7) is 0.989. The Kier molecular flexibility index (Phi) is 5.20. The quantitative estimate of drug-likeness (QED) is 0.634. The fraction of sp³-hybridized carbons (Fsp3) is 0.176. The molecule has 1 amide bonds. The molecule has 0 aliphatic heterocycles. The topological polar surface area (TPSA) is 94.0 Å². The molecule has 0 spiro atoms. The second-order valence-corrected chi connectivity index (χ2v) is 5.12. The molecule has 0 saturated carbocycles. The van der Waals surface area contributed by atoms with Crippen molar-refractivity contribution in [3.63, 3.8) is 0 Å². The van der Waals surface area contributed by atoms with Crippen molar-refractivity contribution in [1.82, 2.24) is 24.8 Å². The summed E-state index contributed by atoms with van der Waals surface area (Å²) in [5.41, 5.74) is 0.504. The zero-order chi connectivity index (χ0) is 17.5. The lowest BCUT2D eigenvalue weighted by atomic mass is 10.2. The molecule has 3 rings (SSSR count). The molecule has 8 heteroatoms. The fourth-order valence-electron chi connectivity index (χ4n) is 2.20. The Hall–Kier alpha value is -3.42. The van der Waals surface area contributed by atoms with Gasteiger partial charge in [-0.05, 0) is 18.2 Å². The Balaban J connectivity index is 1.50. The zero-order valence-electron chi connectivity index (χ0n) is 13.7. The molecule has 25 heavy (non-hydrogen) atoms. The van der Waals surface area contributed by atoms with Crippen LogP contribution in [0.3, 0.4) is 0 Å². The normalized spacial score (nSPS) is 10.3. The van der Waals surface area contributed by atoms with Gasteiger partial charge in [-0.3, -0.25) is 4.79 Å². The predicted molar refractivity (Wildman–Crippen MR) is 93.0 cm³/mol. The summed E-state index contributed by atoms with van der Waals surface area (Å²) in [6, 6.07) is 8.93. The van der Waals surface area contributed by atoms with Crippen molar-refractivity contribution in [2.75, 3.05) is 25.5 Å². The highest BCUT2D eigenvalue weighted by atomic mass is 16.5. The Labute approximate surface area is 144 Å². The number of anilines is 1. The lowest BCUT2D eigenvalue weighted by Gasteiger charge is -2.09. The predicted octanol–water partition coefficient (Wildman–Crippen LogP) is 1.51. The number of pyridine rings is 1. The Morgan fingerprint density at radius 3 is 2.80 bits per heavy atom. The molecule has 0 radical (unpaired) electrons. The highest BCUT2D eigenvalue weighted by molar-refractivity contribution is 5.94. The van der Waals surface area contributed by atoms with Gasteiger partial charge in [-0.2, -0.15) is 0 Å². The second-order valence-electron chi connectivity index (χ2n) is 5.12. The molecule has 0 bridgehead atoms. The van der Waals surface area contributed by atoms with Crippen molar-refractivity contribution >= 4 is 11.7 Å². The molecule has 0 fully saturated rings. The van der Waals surface area contributed by atoms with Crippen LogP contribution < -0.4 is 15.4 Å². The van der Waals surface area contributed by atoms with Gasteiger partial charge in [0.2, 0.25) is 5.88 Å². The van der Waals surface area contributed by atoms with E-state index in [1.165, 1.54) is 19.6 Å². The van der Waals surface area contributed by atoms with E-state index >= 15 is 0 Å². The van der Waals surface area contributed by atoms with Crippen LogP contribution in [0, 0.1) is 0 Å². The first-order valence-electron chi connectivity index (χ1n) is 7.74. The molecule has 3 aromatic rings. The fourth-order valence-corrected chi connectivity index (χ4v) is 2.20. The van der Waals surface area contributed by atoms with Crippen LogP contribution in [0.1, 0.15) is 10.4 Å². The van der Waals surface area contributed by atoms with Gasteiger partial charge in [0.25, 0.3) is 5.91 Å². The lowest BCUT2D eigenvalue weighted by Crippen LogP contribution is -2.29. The van der Waals surface area contributed by atoms with Crippen LogP contribution >= 0.6 is 0 Å². The van der Waals surface area contributed by atoms with Crippen molar-refractivity contribution in [3.05, 3.63) is 60.8 Å². The minimum atomic E-state index is -0.182. The van der Waals surface area contributed by atoms with E-state index in [0.717, 1.165) is 5.82 Å². The van der Waals surface area contributed by atoms with Gasteiger partial charge in [-0.15, -0.1) is 0 Å². The number of hydrogen-bond donors (Lipinski definition) is 2. The van der Waals surface area contributed by atoms with Gasteiger partial charge in [0.1, 0.15) is 18.0 Å². The van der Waals surface area contributed by atoms with Gasteiger partial charge in [-0.25, -0.2) is 15.0 Å². The molecule has 2 N–H and O–H groups in total. The molecule has 128 valence electrons. The Morgan fingerprint density at radius 1 is 1.16 bits per heavy atom. The van der Waals surface area contributed by atoms with E-state index < -0.39 is 0 Å². The first kappa shape index (κ1) is 16.4. The SMILES string of the molecule is COc1cc(C(=O)NCCNc2cc(-n3cccc3)ncn2)ccn1. The largest absolute Gasteiger partial charge is 0.481 e. The molecule has 0 aliphatic carbocycles. The molecule has 3 heterocycles. The first-order chi connectivity index (χ1) is 12.3. The van der Waals surface area contributed by atoms with E-state index in [-0.39, 0.29) is 5.91 Å². The molecule has 0 saturated heterocycles. The van der Waals surface area contributed by atoms with Crippen LogP contribution in [-0.4, -0.2) is 45.6 Å². The average molecular weight is 338 g/mol. The van der Waals surface area contributed by atoms with E-state index in [1.807, 2.05) is 35.2 Å². The van der Waals surface area contributed by atoms with Crippen molar-refractivity contribution in [2.24, 2.45) is 0 Å². The monoisotopic (exact) mass is 338 g/mol. The van der Waals surface area contributed by atoms with Crippen LogP contribution in [-0.2, 0) is 0 Å². The van der Waals surface area contributed by atoms with Crippen molar-refractivity contribution in [3.8, 4) is 11.7 Å². The maximum atomic E-state index is 12.1. The number of rotatable bonds is 7. The standard InChI is InChI=1S/C17H18N6O2/c1-25-16-10-13(4-5-19-16)17(24)20-7-6-18-14-11-15(22-12-21-14)23-8-2-3-9-23/h2-5,8-12H,6-7H2,1H3,(H,20,24)(H,18,21,22). The van der Waals surface area contributed by atoms with E-state index in [2.05, 4.69) is 25.6 Å². The highest BCUT2D eigenvalue weighted by Gasteiger charge is 2.06. The van der Waals surface area contributed by atoms with Crippen molar-refractivity contribution < 1.29 is 9.53 Å². The summed E-state index contributed by atoms with van der Waals surface area (Å²) in [5, 5.41) is 5.99. The summed E-state index contributed by atoms with van der Waals surface area (Å²) in [6.07, 6.45) is 6.86. The van der Waals surface area contributed by atoms with Gasteiger partial charge >= 0.3 is 0 Å². The van der Waals surface area contributed by atoms with Crippen LogP contribution in [0.15, 0.2) is 55.2 Å². The summed E-state index contributed by atoms with van der Waals surface area (Å²) in [5.74, 6) is 1.69. The van der Waals surface area contributed by atoms with E-state index in [4.69, 9.17) is 4.74 Å². The number of amides is 1. The number of nitrogens with one attached hydrogen (secondary N) is 2. The zero-order valence-corrected chi connectivity index (χ0v) is 13.7. The van der Waals surface area contributed by atoms with Gasteiger partial charge in [0.05, 0.1) is 7.11 Å². The molecular weight excluding hydrogens is 320 g/mol. The average Bonchev–Trinajstić information content (AvgIpc) is 3.20. The number of carbonyl (C=O) groups excluding carboxylic acids is 1. The first-order valence-corrected chi connectivity index (χ1v) is 7.74. The maximum absolute atomic E-state index is 12.1. The number of aromatic nitrogens is 4. The minimum absolute atomic E-state index is 0.182. The van der Waals surface area contributed by atoms with E-state index in [0.29, 0.717) is 30.4 Å². The number of nitrogens with zero attached hydrogens (tertiary/aromatic N) is 4. The van der Waals surface area contributed by atoms with Crippen LogP contribution in [0.4, 0.5) is 5.82 Å². The smallest absolute Gasteiger partial charge is 0.251 e. The van der Waals surface area contributed by atoms with Gasteiger partial charge in [-0.1, -0.05) is 0 Å². The molecule has 0 aliphatic rings. The van der Waals surface area contributed by atoms with Gasteiger partial charge < -0.3 is 19.9 Å². The third-order valence-corrected chi connectivity index (χ3v) is 3.44. The van der Waals surface area contributed by atoms with Crippen molar-refractivity contribution in [2.45, 2.75) is 0 Å². The second kappa shape index (κ2) is 7.91. The molecule has 0 unspecified atom stereocenters. The van der Waals surface area contributed by atoms with E-state index in [9.17, 15) is 4.79 Å². The third-order valence-electron chi connectivity index (χ3n) is 3.44. The molecular formula is C17H18N6O2. The Bertz CT molecular complexity index is 835. The summed E-state index contributed by atoms with van der Waals surface area (Å²) < 4.78 is 6.90.